The number of nitrogens with zero attached hydrogens (tertiary/aromatic N) is 1. The number of carbonyl (C=O) groups excluding carboxylic acids is 4. The molecule has 44 heavy (non-hydrogen) atoms. The molecule has 3 N–H and O–H groups in total. The lowest BCUT2D eigenvalue weighted by molar-refractivity contribution is -0.152. The molecule has 0 fully saturated rings. The highest BCUT2D eigenvalue weighted by molar-refractivity contribution is 5.96. The third kappa shape index (κ3) is 12.1. The Hall–Kier alpha value is -3.14. The van der Waals surface area contributed by atoms with Crippen molar-refractivity contribution in [2.75, 3.05) is 18.0 Å². The summed E-state index contributed by atoms with van der Waals surface area (Å²) >= 11 is 0. The molecular formula is C34H55N3O7. The van der Waals surface area contributed by atoms with Crippen molar-refractivity contribution in [3.05, 3.63) is 29.8 Å². The molecule has 0 spiro atoms. The number of rotatable bonds is 14. The molecule has 10 nitrogen and oxygen atoms in total. The van der Waals surface area contributed by atoms with Gasteiger partial charge in [0.2, 0.25) is 11.8 Å². The molecule has 1 aliphatic heterocycles. The normalized spacial score (nSPS) is 17.2. The maximum Gasteiger partial charge on any atom is 0.407 e. The number of amides is 3. The van der Waals surface area contributed by atoms with Gasteiger partial charge in [-0.1, -0.05) is 52.3 Å². The Labute approximate surface area is 263 Å². The van der Waals surface area contributed by atoms with Gasteiger partial charge in [0, 0.05) is 31.1 Å². The van der Waals surface area contributed by atoms with Crippen molar-refractivity contribution in [2.24, 2.45) is 17.3 Å². The van der Waals surface area contributed by atoms with Crippen LogP contribution in [0, 0.1) is 17.3 Å². The molecule has 0 aliphatic carbocycles. The molecule has 0 radical (unpaired) electrons. The predicted octanol–water partition coefficient (Wildman–Crippen LogP) is 5.15. The first-order chi connectivity index (χ1) is 20.4. The van der Waals surface area contributed by atoms with Crippen LogP contribution in [0.1, 0.15) is 100.0 Å². The zero-order valence-corrected chi connectivity index (χ0v) is 28.2. The zero-order chi connectivity index (χ0) is 33.2. The van der Waals surface area contributed by atoms with Gasteiger partial charge in [-0.25, -0.2) is 4.79 Å². The molecule has 0 saturated heterocycles. The van der Waals surface area contributed by atoms with E-state index >= 15 is 0 Å². The molecule has 0 aromatic heterocycles. The molecule has 0 bridgehead atoms. The number of aliphatic hydroxyl groups excluding tert-OH is 1. The minimum absolute atomic E-state index is 0.0968. The van der Waals surface area contributed by atoms with E-state index in [9.17, 15) is 24.3 Å². The van der Waals surface area contributed by atoms with Gasteiger partial charge in [-0.2, -0.15) is 0 Å². The summed E-state index contributed by atoms with van der Waals surface area (Å²) in [6, 6.07) is 6.79. The lowest BCUT2D eigenvalue weighted by atomic mass is 9.79. The Bertz CT molecular complexity index is 1130. The molecule has 4 atom stereocenters. The van der Waals surface area contributed by atoms with Crippen molar-refractivity contribution in [3.63, 3.8) is 0 Å². The minimum atomic E-state index is -1.06. The number of carbonyl (C=O) groups is 4. The zero-order valence-electron chi connectivity index (χ0n) is 28.2. The van der Waals surface area contributed by atoms with Crippen LogP contribution in [0.4, 0.5) is 10.5 Å². The van der Waals surface area contributed by atoms with E-state index in [2.05, 4.69) is 10.6 Å². The van der Waals surface area contributed by atoms with Crippen molar-refractivity contribution in [1.29, 1.82) is 0 Å². The van der Waals surface area contributed by atoms with Gasteiger partial charge in [0.1, 0.15) is 5.60 Å². The van der Waals surface area contributed by atoms with E-state index < -0.39 is 41.1 Å². The first kappa shape index (κ1) is 37.0. The number of alkyl carbamates (subject to hydrolysis) is 1. The van der Waals surface area contributed by atoms with Crippen LogP contribution in [0.2, 0.25) is 0 Å². The van der Waals surface area contributed by atoms with Crippen molar-refractivity contribution in [3.8, 4) is 0 Å². The number of ether oxygens (including phenoxy) is 2. The third-order valence-corrected chi connectivity index (χ3v) is 7.58. The first-order valence-corrected chi connectivity index (χ1v) is 16.0. The number of aliphatic hydroxyl groups is 1. The topological polar surface area (TPSA) is 134 Å². The molecule has 248 valence electrons. The maximum absolute atomic E-state index is 13.9. The Morgan fingerprint density at radius 1 is 1.07 bits per heavy atom. The number of benzene rings is 1. The average molecular weight is 618 g/mol. The van der Waals surface area contributed by atoms with E-state index in [1.165, 1.54) is 0 Å². The molecule has 10 heteroatoms. The number of unbranched alkanes of at least 4 members (excludes halogenated alkanes) is 1. The molecule has 1 aliphatic rings. The minimum Gasteiger partial charge on any atom is -0.463 e. The smallest absolute Gasteiger partial charge is 0.407 e. The van der Waals surface area contributed by atoms with Crippen LogP contribution < -0.4 is 15.5 Å². The summed E-state index contributed by atoms with van der Waals surface area (Å²) in [5, 5.41) is 17.0. The average Bonchev–Trinajstić information content (AvgIpc) is 2.90. The van der Waals surface area contributed by atoms with Crippen LogP contribution in [0.25, 0.3) is 0 Å². The van der Waals surface area contributed by atoms with Gasteiger partial charge in [0.05, 0.1) is 24.2 Å². The second kappa shape index (κ2) is 16.3. The molecule has 1 unspecified atom stereocenters. The van der Waals surface area contributed by atoms with E-state index in [0.29, 0.717) is 13.0 Å². The van der Waals surface area contributed by atoms with Gasteiger partial charge >= 0.3 is 12.1 Å². The maximum atomic E-state index is 13.9. The lowest BCUT2D eigenvalue weighted by Gasteiger charge is -2.37. The second-order valence-corrected chi connectivity index (χ2v) is 14.2. The van der Waals surface area contributed by atoms with E-state index in [1.54, 1.807) is 46.4 Å². The monoisotopic (exact) mass is 617 g/mol. The largest absolute Gasteiger partial charge is 0.463 e. The standard InChI is InChI=1S/C34H55N3O7/c1-10-11-16-35-30(40)23(4)17-28(38)26(36-32(42)44-33(5,6)7)19-34(8,9)20-29(39)37-21-25(31(41)43-22(2)3)18-24-14-12-13-15-27(24)37/h12-15,22-23,25-26,28,38H,10-11,16-21H2,1-9H3,(H,35,40)(H,36,42)/t23-,25?,26+,28+/m1/s1. The predicted molar refractivity (Wildman–Crippen MR) is 171 cm³/mol. The van der Waals surface area contributed by atoms with Gasteiger partial charge in [-0.3, -0.25) is 14.4 Å². The summed E-state index contributed by atoms with van der Waals surface area (Å²) in [6.07, 6.45) is 0.793. The summed E-state index contributed by atoms with van der Waals surface area (Å²) in [4.78, 5) is 53.8. The summed E-state index contributed by atoms with van der Waals surface area (Å²) in [5.41, 5.74) is 0.256. The highest BCUT2D eigenvalue weighted by Gasteiger charge is 2.38. The third-order valence-electron chi connectivity index (χ3n) is 7.58. The van der Waals surface area contributed by atoms with Gasteiger partial charge in [-0.05, 0) is 77.3 Å². The summed E-state index contributed by atoms with van der Waals surface area (Å²) in [6.45, 7) is 17.2. The van der Waals surface area contributed by atoms with Crippen LogP contribution in [0.3, 0.4) is 0 Å². The van der Waals surface area contributed by atoms with Crippen LogP contribution in [0.15, 0.2) is 24.3 Å². The van der Waals surface area contributed by atoms with Gasteiger partial charge in [0.25, 0.3) is 0 Å². The fourth-order valence-electron chi connectivity index (χ4n) is 5.43. The highest BCUT2D eigenvalue weighted by Crippen LogP contribution is 2.35. The summed E-state index contributed by atoms with van der Waals surface area (Å²) < 4.78 is 10.9. The first-order valence-electron chi connectivity index (χ1n) is 16.0. The van der Waals surface area contributed by atoms with Crippen molar-refractivity contribution in [2.45, 2.75) is 125 Å². The van der Waals surface area contributed by atoms with E-state index in [1.807, 2.05) is 45.0 Å². The molecule has 2 rings (SSSR count). The van der Waals surface area contributed by atoms with Crippen molar-refractivity contribution in [1.82, 2.24) is 10.6 Å². The molecule has 1 heterocycles. The Balaban J connectivity index is 2.23. The van der Waals surface area contributed by atoms with Gasteiger partial charge in [0.15, 0.2) is 0 Å². The number of esters is 1. The van der Waals surface area contributed by atoms with E-state index in [4.69, 9.17) is 9.47 Å². The summed E-state index contributed by atoms with van der Waals surface area (Å²) in [7, 11) is 0. The number of para-hydroxylation sites is 1. The van der Waals surface area contributed by atoms with E-state index in [0.717, 1.165) is 24.1 Å². The van der Waals surface area contributed by atoms with Crippen molar-refractivity contribution >= 4 is 29.6 Å². The number of nitrogens with one attached hydrogen (secondary N) is 2. The fourth-order valence-corrected chi connectivity index (χ4v) is 5.43. The van der Waals surface area contributed by atoms with E-state index in [-0.39, 0.29) is 49.7 Å². The number of hydrogen-bond donors (Lipinski definition) is 3. The quantitative estimate of drug-likeness (QED) is 0.194. The molecule has 1 aromatic carbocycles. The van der Waals surface area contributed by atoms with Crippen LogP contribution in [-0.4, -0.2) is 65.9 Å². The Kier molecular flexibility index (Phi) is 13.7. The van der Waals surface area contributed by atoms with Gasteiger partial charge < -0.3 is 30.1 Å². The van der Waals surface area contributed by atoms with Crippen LogP contribution >= 0.6 is 0 Å². The number of fused-ring (bicyclic) bond motifs is 1. The number of anilines is 1. The highest BCUT2D eigenvalue weighted by atomic mass is 16.6. The van der Waals surface area contributed by atoms with Crippen LogP contribution in [0.5, 0.6) is 0 Å². The second-order valence-electron chi connectivity index (χ2n) is 14.2. The molecule has 1 aromatic rings. The SMILES string of the molecule is CCCCNC(=O)[C@H](C)C[C@H](O)[C@H](CC(C)(C)CC(=O)N1CC(C(=O)OC(C)C)Cc2ccccc21)NC(=O)OC(C)(C)C. The Morgan fingerprint density at radius 2 is 1.73 bits per heavy atom. The summed E-state index contributed by atoms with van der Waals surface area (Å²) in [5.74, 6) is -1.62. The lowest BCUT2D eigenvalue weighted by Crippen LogP contribution is -2.49. The Morgan fingerprint density at radius 3 is 2.34 bits per heavy atom. The molecule has 3 amide bonds. The number of hydrogen-bond acceptors (Lipinski definition) is 7. The fraction of sp³-hybridized carbons (Fsp3) is 0.706. The molecular weight excluding hydrogens is 562 g/mol. The molecule has 0 saturated carbocycles. The van der Waals surface area contributed by atoms with Crippen LogP contribution in [-0.2, 0) is 30.3 Å². The van der Waals surface area contributed by atoms with Crippen molar-refractivity contribution < 1.29 is 33.8 Å². The van der Waals surface area contributed by atoms with Gasteiger partial charge in [-0.15, -0.1) is 0 Å².